The average molecular weight is 333 g/mol. The minimum absolute atomic E-state index is 0.00533. The van der Waals surface area contributed by atoms with Crippen molar-refractivity contribution in [2.75, 3.05) is 33.3 Å². The highest BCUT2D eigenvalue weighted by Crippen LogP contribution is 2.39. The fourth-order valence-corrected chi connectivity index (χ4v) is 3.50. The van der Waals surface area contributed by atoms with Crippen LogP contribution in [0.1, 0.15) is 36.6 Å². The molecule has 1 atom stereocenters. The van der Waals surface area contributed by atoms with E-state index in [4.69, 9.17) is 4.74 Å². The lowest BCUT2D eigenvalue weighted by Gasteiger charge is -2.38. The largest absolute Gasteiger partial charge is 0.361 e. The van der Waals surface area contributed by atoms with E-state index in [0.29, 0.717) is 32.1 Å². The molecule has 3 heterocycles. The van der Waals surface area contributed by atoms with Crippen LogP contribution in [-0.2, 0) is 16.1 Å². The summed E-state index contributed by atoms with van der Waals surface area (Å²) in [4.78, 5) is 27.4. The van der Waals surface area contributed by atoms with Crippen molar-refractivity contribution in [2.24, 2.45) is 0 Å². The first kappa shape index (κ1) is 15.4. The van der Waals surface area contributed by atoms with E-state index in [1.807, 2.05) is 6.07 Å². The summed E-state index contributed by atoms with van der Waals surface area (Å²) in [6, 6.07) is 1.94. The maximum atomic E-state index is 12.4. The fraction of sp³-hybridized carbons (Fsp3) is 0.688. The van der Waals surface area contributed by atoms with Crippen LogP contribution in [0.3, 0.4) is 0 Å². The molecule has 8 heteroatoms. The number of hydrogen-bond acceptors (Lipinski definition) is 4. The van der Waals surface area contributed by atoms with Crippen LogP contribution in [0.2, 0.25) is 0 Å². The molecule has 2 saturated heterocycles. The number of hydrogen-bond donors (Lipinski definition) is 2. The molecule has 1 aromatic rings. The summed E-state index contributed by atoms with van der Waals surface area (Å²) in [5.41, 5.74) is 1.62. The van der Waals surface area contributed by atoms with Crippen LogP contribution in [0.25, 0.3) is 0 Å². The molecule has 1 aromatic heterocycles. The van der Waals surface area contributed by atoms with E-state index >= 15 is 0 Å². The van der Waals surface area contributed by atoms with Crippen LogP contribution < -0.4 is 5.32 Å². The molecule has 0 unspecified atom stereocenters. The van der Waals surface area contributed by atoms with Gasteiger partial charge in [0.1, 0.15) is 12.2 Å². The van der Waals surface area contributed by atoms with Crippen molar-refractivity contribution < 1.29 is 14.3 Å². The lowest BCUT2D eigenvalue weighted by molar-refractivity contribution is -0.158. The summed E-state index contributed by atoms with van der Waals surface area (Å²) in [5, 5.41) is 10.2. The first-order valence-electron chi connectivity index (χ1n) is 8.50. The number of carbonyl (C=O) groups excluding carboxylic acids is 2. The normalized spacial score (nSPS) is 27.1. The quantitative estimate of drug-likeness (QED) is 0.839. The van der Waals surface area contributed by atoms with Crippen molar-refractivity contribution in [3.8, 4) is 0 Å². The molecule has 3 aliphatic rings. The zero-order chi connectivity index (χ0) is 16.7. The molecule has 1 saturated carbocycles. The number of nitrogens with zero attached hydrogens (tertiary/aromatic N) is 3. The van der Waals surface area contributed by atoms with Gasteiger partial charge in [0.25, 0.3) is 0 Å². The van der Waals surface area contributed by atoms with Crippen LogP contribution in [-0.4, -0.2) is 70.8 Å². The van der Waals surface area contributed by atoms with Gasteiger partial charge in [-0.15, -0.1) is 0 Å². The molecule has 1 spiro atoms. The summed E-state index contributed by atoms with van der Waals surface area (Å²) in [6.07, 6.45) is 3.18. The minimum Gasteiger partial charge on any atom is -0.361 e. The molecule has 130 valence electrons. The predicted molar refractivity (Wildman–Crippen MR) is 85.3 cm³/mol. The maximum absolute atomic E-state index is 12.4. The zero-order valence-corrected chi connectivity index (χ0v) is 13.9. The van der Waals surface area contributed by atoms with Gasteiger partial charge in [0.15, 0.2) is 0 Å². The van der Waals surface area contributed by atoms with Gasteiger partial charge in [-0.05, 0) is 25.3 Å². The fourth-order valence-electron chi connectivity index (χ4n) is 3.50. The zero-order valence-electron chi connectivity index (χ0n) is 13.9. The third-order valence-electron chi connectivity index (χ3n) is 5.13. The summed E-state index contributed by atoms with van der Waals surface area (Å²) in [5.74, 6) is 0.599. The van der Waals surface area contributed by atoms with Gasteiger partial charge < -0.3 is 19.9 Å². The number of carbonyl (C=O) groups is 2. The Morgan fingerprint density at radius 3 is 3.08 bits per heavy atom. The number of aromatic nitrogens is 2. The van der Waals surface area contributed by atoms with Gasteiger partial charge >= 0.3 is 6.03 Å². The Hall–Kier alpha value is -2.09. The Morgan fingerprint density at radius 2 is 2.33 bits per heavy atom. The number of morpholine rings is 1. The van der Waals surface area contributed by atoms with E-state index < -0.39 is 5.60 Å². The number of nitrogens with one attached hydrogen (secondary N) is 2. The number of likely N-dealkylation sites (tertiary alicyclic amines) is 1. The molecule has 0 bridgehead atoms. The third kappa shape index (κ3) is 2.98. The Balaban J connectivity index is 1.29. The summed E-state index contributed by atoms with van der Waals surface area (Å²) in [7, 11) is 1.78. The number of amides is 3. The standard InChI is InChI=1S/C16H23N5O3/c1-20-9-16(24-8-14(20)22)4-5-21(10-16)15(23)17-7-12-6-13(19-18-12)11-2-3-11/h6,11H,2-5,7-10H2,1H3,(H,17,23)(H,18,19)/t16-/m1/s1. The Morgan fingerprint density at radius 1 is 1.50 bits per heavy atom. The number of urea groups is 1. The second kappa shape index (κ2) is 5.77. The summed E-state index contributed by atoms with van der Waals surface area (Å²) < 4.78 is 5.76. The molecule has 3 amide bonds. The highest BCUT2D eigenvalue weighted by molar-refractivity contribution is 5.78. The van der Waals surface area contributed by atoms with Crippen molar-refractivity contribution in [1.29, 1.82) is 0 Å². The highest BCUT2D eigenvalue weighted by atomic mass is 16.5. The van der Waals surface area contributed by atoms with E-state index in [1.54, 1.807) is 16.8 Å². The SMILES string of the molecule is CN1C[C@@]2(CCN(C(=O)NCc3cc(C4CC4)n[nH]3)C2)OCC1=O. The molecule has 4 rings (SSSR count). The Bertz CT molecular complexity index is 656. The van der Waals surface area contributed by atoms with E-state index in [1.165, 1.54) is 12.8 Å². The molecule has 3 fully saturated rings. The van der Waals surface area contributed by atoms with Crippen LogP contribution >= 0.6 is 0 Å². The number of ether oxygens (including phenoxy) is 1. The van der Waals surface area contributed by atoms with Gasteiger partial charge in [-0.2, -0.15) is 5.10 Å². The van der Waals surface area contributed by atoms with Crippen LogP contribution in [0.4, 0.5) is 4.79 Å². The van der Waals surface area contributed by atoms with Gasteiger partial charge in [0.05, 0.1) is 31.0 Å². The molecule has 24 heavy (non-hydrogen) atoms. The van der Waals surface area contributed by atoms with E-state index in [9.17, 15) is 9.59 Å². The monoisotopic (exact) mass is 333 g/mol. The van der Waals surface area contributed by atoms with Crippen LogP contribution in [0.5, 0.6) is 0 Å². The van der Waals surface area contributed by atoms with Gasteiger partial charge in [0.2, 0.25) is 5.91 Å². The number of H-pyrrole nitrogens is 1. The topological polar surface area (TPSA) is 90.6 Å². The van der Waals surface area contributed by atoms with Crippen LogP contribution in [0.15, 0.2) is 6.07 Å². The lowest BCUT2D eigenvalue weighted by atomic mass is 10.0. The van der Waals surface area contributed by atoms with Crippen molar-refractivity contribution >= 4 is 11.9 Å². The lowest BCUT2D eigenvalue weighted by Crippen LogP contribution is -2.55. The number of rotatable bonds is 3. The molecule has 0 aromatic carbocycles. The van der Waals surface area contributed by atoms with E-state index in [0.717, 1.165) is 17.8 Å². The van der Waals surface area contributed by atoms with Crippen molar-refractivity contribution in [1.82, 2.24) is 25.3 Å². The maximum Gasteiger partial charge on any atom is 0.317 e. The van der Waals surface area contributed by atoms with Crippen LogP contribution in [0, 0.1) is 0 Å². The second-order valence-corrected chi connectivity index (χ2v) is 7.14. The summed E-state index contributed by atoms with van der Waals surface area (Å²) in [6.45, 7) is 2.25. The molecule has 2 N–H and O–H groups in total. The molecule has 0 radical (unpaired) electrons. The van der Waals surface area contributed by atoms with E-state index in [2.05, 4.69) is 15.5 Å². The van der Waals surface area contributed by atoms with Crippen molar-refractivity contribution in [3.63, 3.8) is 0 Å². The average Bonchev–Trinajstić information content (AvgIpc) is 3.17. The Kier molecular flexibility index (Phi) is 3.71. The van der Waals surface area contributed by atoms with Gasteiger partial charge in [-0.25, -0.2) is 4.79 Å². The van der Waals surface area contributed by atoms with Crippen molar-refractivity contribution in [2.45, 2.75) is 37.3 Å². The minimum atomic E-state index is -0.410. The van der Waals surface area contributed by atoms with E-state index in [-0.39, 0.29) is 18.5 Å². The summed E-state index contributed by atoms with van der Waals surface area (Å²) >= 11 is 0. The predicted octanol–water partition coefficient (Wildman–Crippen LogP) is 0.430. The first-order valence-corrected chi connectivity index (χ1v) is 8.50. The van der Waals surface area contributed by atoms with Gasteiger partial charge in [-0.1, -0.05) is 0 Å². The number of aromatic amines is 1. The highest BCUT2D eigenvalue weighted by Gasteiger charge is 2.45. The third-order valence-corrected chi connectivity index (χ3v) is 5.13. The molecular weight excluding hydrogens is 310 g/mol. The molecule has 8 nitrogen and oxygen atoms in total. The Labute approximate surface area is 140 Å². The first-order chi connectivity index (χ1) is 11.5. The van der Waals surface area contributed by atoms with Gasteiger partial charge in [-0.3, -0.25) is 9.89 Å². The number of likely N-dealkylation sites (N-methyl/N-ethyl adjacent to an activating group) is 1. The molecular formula is C16H23N5O3. The second-order valence-electron chi connectivity index (χ2n) is 7.14. The van der Waals surface area contributed by atoms with Gasteiger partial charge in [0, 0.05) is 19.5 Å². The molecule has 2 aliphatic heterocycles. The van der Waals surface area contributed by atoms with Crippen molar-refractivity contribution in [3.05, 3.63) is 17.5 Å². The smallest absolute Gasteiger partial charge is 0.317 e. The molecule has 1 aliphatic carbocycles.